The molecule has 6 heteroatoms. The fourth-order valence-corrected chi connectivity index (χ4v) is 2.66. The van der Waals surface area contributed by atoms with E-state index in [0.29, 0.717) is 30.0 Å². The number of halogens is 1. The van der Waals surface area contributed by atoms with Crippen molar-refractivity contribution in [3.63, 3.8) is 0 Å². The molecule has 17 heavy (non-hydrogen) atoms. The van der Waals surface area contributed by atoms with Gasteiger partial charge in [0.15, 0.2) is 0 Å². The standard InChI is InChI=1S/C11H12ClNO3S/c12-8-3-1-7(17-8)2-4-9(14)13-11(5-6-11)10(15)16/h1,3H,2,4-6H2,(H,13,14)(H,15,16). The van der Waals surface area contributed by atoms with Crippen LogP contribution >= 0.6 is 22.9 Å². The van der Waals surface area contributed by atoms with E-state index in [2.05, 4.69) is 5.32 Å². The van der Waals surface area contributed by atoms with E-state index in [4.69, 9.17) is 16.7 Å². The second-order valence-corrected chi connectivity index (χ2v) is 5.94. The number of carbonyl (C=O) groups is 2. The molecule has 0 aromatic carbocycles. The molecule has 1 aliphatic rings. The van der Waals surface area contributed by atoms with Gasteiger partial charge in [0.05, 0.1) is 4.34 Å². The van der Waals surface area contributed by atoms with Gasteiger partial charge in [-0.3, -0.25) is 4.79 Å². The molecule has 0 bridgehead atoms. The average molecular weight is 274 g/mol. The number of aliphatic carboxylic acids is 1. The first-order valence-corrected chi connectivity index (χ1v) is 6.50. The Balaban J connectivity index is 1.80. The monoisotopic (exact) mass is 273 g/mol. The molecule has 0 radical (unpaired) electrons. The van der Waals surface area contributed by atoms with Gasteiger partial charge in [0.25, 0.3) is 0 Å². The maximum absolute atomic E-state index is 11.6. The molecule has 1 aliphatic carbocycles. The van der Waals surface area contributed by atoms with Crippen molar-refractivity contribution in [2.24, 2.45) is 0 Å². The van der Waals surface area contributed by atoms with Crippen molar-refractivity contribution in [2.75, 3.05) is 0 Å². The Morgan fingerprint density at radius 1 is 1.47 bits per heavy atom. The van der Waals surface area contributed by atoms with Crippen LogP contribution < -0.4 is 5.32 Å². The highest BCUT2D eigenvalue weighted by atomic mass is 35.5. The van der Waals surface area contributed by atoms with Crippen LogP contribution in [0.4, 0.5) is 0 Å². The van der Waals surface area contributed by atoms with Crippen LogP contribution in [0.5, 0.6) is 0 Å². The molecule has 92 valence electrons. The Hall–Kier alpha value is -1.07. The first kappa shape index (κ1) is 12.4. The van der Waals surface area contributed by atoms with Crippen molar-refractivity contribution in [2.45, 2.75) is 31.2 Å². The molecule has 2 N–H and O–H groups in total. The van der Waals surface area contributed by atoms with Crippen LogP contribution in [0.2, 0.25) is 4.34 Å². The summed E-state index contributed by atoms with van der Waals surface area (Å²) in [6.45, 7) is 0. The first-order chi connectivity index (χ1) is 8.02. The van der Waals surface area contributed by atoms with Crippen molar-refractivity contribution in [1.82, 2.24) is 5.32 Å². The maximum Gasteiger partial charge on any atom is 0.329 e. The smallest absolute Gasteiger partial charge is 0.329 e. The van der Waals surface area contributed by atoms with E-state index < -0.39 is 11.5 Å². The lowest BCUT2D eigenvalue weighted by Gasteiger charge is -2.11. The van der Waals surface area contributed by atoms with Crippen molar-refractivity contribution in [3.8, 4) is 0 Å². The van der Waals surface area contributed by atoms with Crippen LogP contribution in [0.1, 0.15) is 24.1 Å². The largest absolute Gasteiger partial charge is 0.480 e. The Morgan fingerprint density at radius 2 is 2.18 bits per heavy atom. The number of carboxylic acids is 1. The van der Waals surface area contributed by atoms with E-state index in [-0.39, 0.29) is 5.91 Å². The van der Waals surface area contributed by atoms with E-state index in [9.17, 15) is 9.59 Å². The van der Waals surface area contributed by atoms with Gasteiger partial charge in [0.2, 0.25) is 5.91 Å². The molecule has 0 unspecified atom stereocenters. The third-order valence-corrected chi connectivity index (χ3v) is 4.06. The minimum Gasteiger partial charge on any atom is -0.480 e. The van der Waals surface area contributed by atoms with Gasteiger partial charge in [0.1, 0.15) is 5.54 Å². The van der Waals surface area contributed by atoms with Crippen LogP contribution in [0, 0.1) is 0 Å². The SMILES string of the molecule is O=C(CCc1ccc(Cl)s1)NC1(C(=O)O)CC1. The zero-order chi connectivity index (χ0) is 12.5. The van der Waals surface area contributed by atoms with Crippen molar-refractivity contribution in [1.29, 1.82) is 0 Å². The third-order valence-electron chi connectivity index (χ3n) is 2.77. The molecule has 1 amide bonds. The van der Waals surface area contributed by atoms with Crippen molar-refractivity contribution < 1.29 is 14.7 Å². The molecule has 2 rings (SSSR count). The van der Waals surface area contributed by atoms with Gasteiger partial charge in [-0.2, -0.15) is 0 Å². The van der Waals surface area contributed by atoms with Gasteiger partial charge < -0.3 is 10.4 Å². The molecular weight excluding hydrogens is 262 g/mol. The number of carbonyl (C=O) groups excluding carboxylic acids is 1. The van der Waals surface area contributed by atoms with Crippen LogP contribution in [0.25, 0.3) is 0 Å². The van der Waals surface area contributed by atoms with Crippen LogP contribution in [-0.2, 0) is 16.0 Å². The van der Waals surface area contributed by atoms with Crippen molar-refractivity contribution in [3.05, 3.63) is 21.3 Å². The van der Waals surface area contributed by atoms with Crippen LogP contribution in [-0.4, -0.2) is 22.5 Å². The lowest BCUT2D eigenvalue weighted by Crippen LogP contribution is -2.43. The Labute approximate surface area is 108 Å². The summed E-state index contributed by atoms with van der Waals surface area (Å²) in [5, 5.41) is 11.5. The Kier molecular flexibility index (Phi) is 3.40. The molecular formula is C11H12ClNO3S. The lowest BCUT2D eigenvalue weighted by atomic mass is 10.2. The summed E-state index contributed by atoms with van der Waals surface area (Å²) >= 11 is 7.21. The lowest BCUT2D eigenvalue weighted by molar-refractivity contribution is -0.143. The highest BCUT2D eigenvalue weighted by molar-refractivity contribution is 7.16. The molecule has 1 saturated carbocycles. The quantitative estimate of drug-likeness (QED) is 0.863. The number of hydrogen-bond donors (Lipinski definition) is 2. The Bertz CT molecular complexity index is 453. The van der Waals surface area contributed by atoms with Gasteiger partial charge in [-0.15, -0.1) is 11.3 Å². The second kappa shape index (κ2) is 4.66. The molecule has 1 fully saturated rings. The first-order valence-electron chi connectivity index (χ1n) is 5.30. The summed E-state index contributed by atoms with van der Waals surface area (Å²) in [5.74, 6) is -1.15. The normalized spacial score (nSPS) is 16.5. The molecule has 0 aliphatic heterocycles. The van der Waals surface area contributed by atoms with E-state index in [1.54, 1.807) is 6.07 Å². The average Bonchev–Trinajstić information content (AvgIpc) is 2.92. The minimum atomic E-state index is -0.982. The summed E-state index contributed by atoms with van der Waals surface area (Å²) in [5.41, 5.74) is -0.982. The van der Waals surface area contributed by atoms with E-state index >= 15 is 0 Å². The topological polar surface area (TPSA) is 66.4 Å². The second-order valence-electron chi connectivity index (χ2n) is 4.14. The molecule has 0 saturated heterocycles. The van der Waals surface area contributed by atoms with Crippen LogP contribution in [0.3, 0.4) is 0 Å². The summed E-state index contributed by atoms with van der Waals surface area (Å²) in [6, 6.07) is 3.67. The predicted molar refractivity (Wildman–Crippen MR) is 65.4 cm³/mol. The third kappa shape index (κ3) is 2.98. The highest BCUT2D eigenvalue weighted by Gasteiger charge is 2.51. The summed E-state index contributed by atoms with van der Waals surface area (Å²) < 4.78 is 0.699. The van der Waals surface area contributed by atoms with Crippen molar-refractivity contribution >= 4 is 34.8 Å². The van der Waals surface area contributed by atoms with Gasteiger partial charge in [-0.05, 0) is 31.4 Å². The van der Waals surface area contributed by atoms with Gasteiger partial charge in [-0.1, -0.05) is 11.6 Å². The number of amides is 1. The summed E-state index contributed by atoms with van der Waals surface area (Å²) in [7, 11) is 0. The highest BCUT2D eigenvalue weighted by Crippen LogP contribution is 2.35. The molecule has 4 nitrogen and oxygen atoms in total. The molecule has 1 heterocycles. The summed E-state index contributed by atoms with van der Waals surface area (Å²) in [6.07, 6.45) is 1.95. The predicted octanol–water partition coefficient (Wildman–Crippen LogP) is 2.07. The number of aryl methyl sites for hydroxylation is 1. The fraction of sp³-hybridized carbons (Fsp3) is 0.455. The number of nitrogens with one attached hydrogen (secondary N) is 1. The zero-order valence-electron chi connectivity index (χ0n) is 9.03. The van der Waals surface area contributed by atoms with E-state index in [0.717, 1.165) is 4.88 Å². The molecule has 0 atom stereocenters. The molecule has 1 aromatic heterocycles. The zero-order valence-corrected chi connectivity index (χ0v) is 10.6. The summed E-state index contributed by atoms with van der Waals surface area (Å²) in [4.78, 5) is 23.5. The van der Waals surface area contributed by atoms with E-state index in [1.165, 1.54) is 11.3 Å². The fourth-order valence-electron chi connectivity index (χ4n) is 1.57. The van der Waals surface area contributed by atoms with E-state index in [1.807, 2.05) is 6.07 Å². The molecule has 1 aromatic rings. The minimum absolute atomic E-state index is 0.213. The maximum atomic E-state index is 11.6. The number of carboxylic acid groups (broad SMARTS) is 1. The number of thiophene rings is 1. The van der Waals surface area contributed by atoms with Gasteiger partial charge in [0, 0.05) is 11.3 Å². The Morgan fingerprint density at radius 3 is 2.65 bits per heavy atom. The number of rotatable bonds is 5. The van der Waals surface area contributed by atoms with Gasteiger partial charge in [-0.25, -0.2) is 4.79 Å². The number of hydrogen-bond acceptors (Lipinski definition) is 3. The van der Waals surface area contributed by atoms with Gasteiger partial charge >= 0.3 is 5.97 Å². The van der Waals surface area contributed by atoms with Crippen LogP contribution in [0.15, 0.2) is 12.1 Å². The molecule has 0 spiro atoms.